The van der Waals surface area contributed by atoms with Gasteiger partial charge in [-0.3, -0.25) is 0 Å². The van der Waals surface area contributed by atoms with Crippen molar-refractivity contribution in [3.8, 4) is 5.75 Å². The molecule has 1 atom stereocenters. The van der Waals surface area contributed by atoms with E-state index >= 15 is 0 Å². The van der Waals surface area contributed by atoms with Crippen LogP contribution in [0.2, 0.25) is 0 Å². The van der Waals surface area contributed by atoms with E-state index in [-0.39, 0.29) is 6.04 Å². The zero-order valence-corrected chi connectivity index (χ0v) is 13.4. The molecule has 0 amide bonds. The van der Waals surface area contributed by atoms with E-state index in [1.165, 1.54) is 0 Å². The number of benzene rings is 1. The van der Waals surface area contributed by atoms with Crippen molar-refractivity contribution in [2.75, 3.05) is 19.8 Å². The summed E-state index contributed by atoms with van der Waals surface area (Å²) >= 11 is 3.49. The van der Waals surface area contributed by atoms with Gasteiger partial charge in [0.05, 0.1) is 6.61 Å². The predicted octanol–water partition coefficient (Wildman–Crippen LogP) is 3.53. The first-order chi connectivity index (χ1) is 9.17. The van der Waals surface area contributed by atoms with Crippen molar-refractivity contribution in [1.29, 1.82) is 0 Å². The number of rotatable bonds is 9. The highest BCUT2D eigenvalue weighted by Gasteiger charge is 2.08. The van der Waals surface area contributed by atoms with Crippen molar-refractivity contribution in [1.82, 2.24) is 0 Å². The molecular formula is C15H24BrNO2. The maximum Gasteiger partial charge on any atom is 0.122 e. The fraction of sp³-hybridized carbons (Fsp3) is 0.600. The molecule has 0 aliphatic carbocycles. The van der Waals surface area contributed by atoms with Gasteiger partial charge >= 0.3 is 0 Å². The molecule has 0 aliphatic rings. The highest BCUT2D eigenvalue weighted by atomic mass is 79.9. The van der Waals surface area contributed by atoms with Crippen LogP contribution in [0.1, 0.15) is 32.3 Å². The minimum Gasteiger partial charge on any atom is -0.491 e. The standard InChI is InChI=1S/C15H24BrNO2/c1-3-7-18-8-9-19-15-6-5-13(16)10-12(15)11-14(17)4-2/h5-6,10,14H,3-4,7-9,11,17H2,1-2H3. The van der Waals surface area contributed by atoms with Crippen molar-refractivity contribution in [2.24, 2.45) is 5.73 Å². The van der Waals surface area contributed by atoms with Crippen LogP contribution in [0.25, 0.3) is 0 Å². The number of halogens is 1. The Balaban J connectivity index is 2.55. The Morgan fingerprint density at radius 2 is 2.00 bits per heavy atom. The molecule has 1 aromatic carbocycles. The van der Waals surface area contributed by atoms with Gasteiger partial charge in [0, 0.05) is 17.1 Å². The van der Waals surface area contributed by atoms with Gasteiger partial charge in [-0.15, -0.1) is 0 Å². The molecule has 0 saturated carbocycles. The third-order valence-electron chi connectivity index (χ3n) is 2.86. The van der Waals surface area contributed by atoms with Gasteiger partial charge in [0.15, 0.2) is 0 Å². The molecule has 2 N–H and O–H groups in total. The van der Waals surface area contributed by atoms with E-state index in [1.54, 1.807) is 0 Å². The van der Waals surface area contributed by atoms with Gasteiger partial charge < -0.3 is 15.2 Å². The normalized spacial score (nSPS) is 12.4. The predicted molar refractivity (Wildman–Crippen MR) is 82.7 cm³/mol. The molecule has 4 heteroatoms. The molecule has 0 radical (unpaired) electrons. The van der Waals surface area contributed by atoms with Gasteiger partial charge in [-0.1, -0.05) is 29.8 Å². The summed E-state index contributed by atoms with van der Waals surface area (Å²) < 4.78 is 12.3. The highest BCUT2D eigenvalue weighted by Crippen LogP contribution is 2.24. The second kappa shape index (κ2) is 9.34. The zero-order chi connectivity index (χ0) is 14.1. The first-order valence-corrected chi connectivity index (χ1v) is 7.71. The van der Waals surface area contributed by atoms with Crippen molar-refractivity contribution >= 4 is 15.9 Å². The molecule has 0 bridgehead atoms. The van der Waals surface area contributed by atoms with Crippen LogP contribution in [0.4, 0.5) is 0 Å². The van der Waals surface area contributed by atoms with Gasteiger partial charge in [-0.25, -0.2) is 0 Å². The number of ether oxygens (including phenoxy) is 2. The minimum atomic E-state index is 0.174. The van der Waals surface area contributed by atoms with E-state index in [0.717, 1.165) is 41.7 Å². The summed E-state index contributed by atoms with van der Waals surface area (Å²) in [5.41, 5.74) is 7.17. The van der Waals surface area contributed by atoms with E-state index in [0.29, 0.717) is 13.2 Å². The number of hydrogen-bond acceptors (Lipinski definition) is 3. The van der Waals surface area contributed by atoms with E-state index in [9.17, 15) is 0 Å². The third kappa shape index (κ3) is 6.41. The first kappa shape index (κ1) is 16.5. The average Bonchev–Trinajstić information content (AvgIpc) is 2.40. The molecule has 108 valence electrons. The molecule has 1 rings (SSSR count). The molecular weight excluding hydrogens is 306 g/mol. The van der Waals surface area contributed by atoms with Crippen LogP contribution in [-0.4, -0.2) is 25.9 Å². The highest BCUT2D eigenvalue weighted by molar-refractivity contribution is 9.10. The van der Waals surface area contributed by atoms with E-state index in [4.69, 9.17) is 15.2 Å². The quantitative estimate of drug-likeness (QED) is 0.705. The molecule has 0 heterocycles. The largest absolute Gasteiger partial charge is 0.491 e. The summed E-state index contributed by atoms with van der Waals surface area (Å²) in [6, 6.07) is 6.23. The summed E-state index contributed by atoms with van der Waals surface area (Å²) in [4.78, 5) is 0. The number of nitrogens with two attached hydrogens (primary N) is 1. The lowest BCUT2D eigenvalue weighted by Crippen LogP contribution is -2.22. The number of hydrogen-bond donors (Lipinski definition) is 1. The molecule has 3 nitrogen and oxygen atoms in total. The van der Waals surface area contributed by atoms with Crippen LogP contribution in [-0.2, 0) is 11.2 Å². The van der Waals surface area contributed by atoms with Gasteiger partial charge in [-0.2, -0.15) is 0 Å². The molecule has 1 unspecified atom stereocenters. The van der Waals surface area contributed by atoms with Gasteiger partial charge in [0.2, 0.25) is 0 Å². The van der Waals surface area contributed by atoms with Crippen LogP contribution < -0.4 is 10.5 Å². The Bertz CT molecular complexity index is 371. The maximum absolute atomic E-state index is 6.02. The second-order valence-electron chi connectivity index (χ2n) is 4.59. The fourth-order valence-corrected chi connectivity index (χ4v) is 2.14. The zero-order valence-electron chi connectivity index (χ0n) is 11.8. The van der Waals surface area contributed by atoms with Crippen molar-refractivity contribution in [2.45, 2.75) is 39.2 Å². The van der Waals surface area contributed by atoms with E-state index < -0.39 is 0 Å². The van der Waals surface area contributed by atoms with Crippen molar-refractivity contribution in [3.63, 3.8) is 0 Å². The summed E-state index contributed by atoms with van der Waals surface area (Å²) in [5.74, 6) is 0.909. The Morgan fingerprint density at radius 3 is 2.68 bits per heavy atom. The Kier molecular flexibility index (Phi) is 8.10. The molecule has 0 spiro atoms. The average molecular weight is 330 g/mol. The summed E-state index contributed by atoms with van der Waals surface area (Å²) in [5, 5.41) is 0. The molecule has 0 aromatic heterocycles. The monoisotopic (exact) mass is 329 g/mol. The lowest BCUT2D eigenvalue weighted by atomic mass is 10.0. The molecule has 0 fully saturated rings. The fourth-order valence-electron chi connectivity index (χ4n) is 1.73. The summed E-state index contributed by atoms with van der Waals surface area (Å²) in [6.45, 7) is 6.19. The molecule has 1 aromatic rings. The smallest absolute Gasteiger partial charge is 0.122 e. The van der Waals surface area contributed by atoms with Crippen molar-refractivity contribution < 1.29 is 9.47 Å². The van der Waals surface area contributed by atoms with Crippen LogP contribution in [0.3, 0.4) is 0 Å². The Labute approximate surface area is 124 Å². The van der Waals surface area contributed by atoms with Crippen LogP contribution in [0, 0.1) is 0 Å². The van der Waals surface area contributed by atoms with Crippen LogP contribution in [0.15, 0.2) is 22.7 Å². The lowest BCUT2D eigenvalue weighted by molar-refractivity contribution is 0.100. The second-order valence-corrected chi connectivity index (χ2v) is 5.50. The van der Waals surface area contributed by atoms with E-state index in [2.05, 4.69) is 35.8 Å². The first-order valence-electron chi connectivity index (χ1n) is 6.91. The summed E-state index contributed by atoms with van der Waals surface area (Å²) in [6.07, 6.45) is 2.83. The van der Waals surface area contributed by atoms with Gasteiger partial charge in [0.25, 0.3) is 0 Å². The lowest BCUT2D eigenvalue weighted by Gasteiger charge is -2.15. The van der Waals surface area contributed by atoms with Gasteiger partial charge in [-0.05, 0) is 43.0 Å². The molecule has 0 saturated heterocycles. The summed E-state index contributed by atoms with van der Waals surface area (Å²) in [7, 11) is 0. The topological polar surface area (TPSA) is 44.5 Å². The third-order valence-corrected chi connectivity index (χ3v) is 3.36. The minimum absolute atomic E-state index is 0.174. The SMILES string of the molecule is CCCOCCOc1ccc(Br)cc1CC(N)CC. The molecule has 0 aliphatic heterocycles. The van der Waals surface area contributed by atoms with Crippen LogP contribution in [0.5, 0.6) is 5.75 Å². The maximum atomic E-state index is 6.02. The van der Waals surface area contributed by atoms with Gasteiger partial charge in [0.1, 0.15) is 12.4 Å². The van der Waals surface area contributed by atoms with Crippen LogP contribution >= 0.6 is 15.9 Å². The molecule has 19 heavy (non-hydrogen) atoms. The van der Waals surface area contributed by atoms with Crippen molar-refractivity contribution in [3.05, 3.63) is 28.2 Å². The van der Waals surface area contributed by atoms with E-state index in [1.807, 2.05) is 12.1 Å². The Hall–Kier alpha value is -0.580. The Morgan fingerprint density at radius 1 is 1.21 bits per heavy atom.